The summed E-state index contributed by atoms with van der Waals surface area (Å²) in [6.45, 7) is 0. The number of nitrogens with one attached hydrogen (secondary N) is 1. The Morgan fingerprint density at radius 1 is 1.53 bits per heavy atom. The molecule has 1 heterocycles. The highest BCUT2D eigenvalue weighted by Crippen LogP contribution is 2.26. The van der Waals surface area contributed by atoms with Crippen LogP contribution in [-0.2, 0) is 0 Å². The lowest BCUT2D eigenvalue weighted by molar-refractivity contribution is 0.0942. The molecule has 0 aromatic carbocycles. The summed E-state index contributed by atoms with van der Waals surface area (Å²) in [6, 6.07) is 3.84. The van der Waals surface area contributed by atoms with Gasteiger partial charge < -0.3 is 5.32 Å². The van der Waals surface area contributed by atoms with Crippen LogP contribution in [0, 0.1) is 0 Å². The molecule has 1 N–H and O–H groups in total. The Morgan fingerprint density at radius 3 is 2.87 bits per heavy atom. The van der Waals surface area contributed by atoms with Gasteiger partial charge in [0.05, 0.1) is 14.0 Å². The van der Waals surface area contributed by atoms with Crippen molar-refractivity contribution in [2.24, 2.45) is 0 Å². The Morgan fingerprint density at radius 2 is 2.33 bits per heavy atom. The first-order chi connectivity index (χ1) is 7.16. The third-order valence-electron chi connectivity index (χ3n) is 2.55. The highest BCUT2D eigenvalue weighted by atomic mass is 79.9. The molecule has 1 fully saturated rings. The van der Waals surface area contributed by atoms with E-state index in [4.69, 9.17) is 11.6 Å². The predicted molar refractivity (Wildman–Crippen MR) is 66.8 cm³/mol. The summed E-state index contributed by atoms with van der Waals surface area (Å²) in [4.78, 5) is 12.5. The smallest absolute Gasteiger partial charge is 0.261 e. The van der Waals surface area contributed by atoms with Crippen LogP contribution in [0.2, 0.25) is 0 Å². The monoisotopic (exact) mass is 307 g/mol. The molecule has 0 bridgehead atoms. The van der Waals surface area contributed by atoms with Crippen molar-refractivity contribution in [3.8, 4) is 0 Å². The lowest BCUT2D eigenvalue weighted by atomic mass is 10.2. The van der Waals surface area contributed by atoms with Crippen LogP contribution in [0.1, 0.15) is 28.9 Å². The van der Waals surface area contributed by atoms with Gasteiger partial charge in [0.25, 0.3) is 5.91 Å². The first kappa shape index (κ1) is 11.4. The van der Waals surface area contributed by atoms with Crippen LogP contribution in [-0.4, -0.2) is 17.3 Å². The Labute approximate surface area is 106 Å². The van der Waals surface area contributed by atoms with Gasteiger partial charge in [-0.3, -0.25) is 4.79 Å². The summed E-state index contributed by atoms with van der Waals surface area (Å²) in [7, 11) is 0. The van der Waals surface area contributed by atoms with Crippen molar-refractivity contribution in [3.63, 3.8) is 0 Å². The quantitative estimate of drug-likeness (QED) is 0.834. The van der Waals surface area contributed by atoms with Gasteiger partial charge in [-0.05, 0) is 47.3 Å². The molecular formula is C10H11BrClNOS. The zero-order chi connectivity index (χ0) is 10.8. The van der Waals surface area contributed by atoms with Crippen LogP contribution in [0.4, 0.5) is 0 Å². The van der Waals surface area contributed by atoms with Gasteiger partial charge in [-0.25, -0.2) is 0 Å². The highest BCUT2D eigenvalue weighted by molar-refractivity contribution is 9.11. The van der Waals surface area contributed by atoms with Gasteiger partial charge >= 0.3 is 0 Å². The van der Waals surface area contributed by atoms with Crippen molar-refractivity contribution in [3.05, 3.63) is 20.8 Å². The zero-order valence-corrected chi connectivity index (χ0v) is 11.2. The maximum absolute atomic E-state index is 11.8. The average Bonchev–Trinajstić information content (AvgIpc) is 2.77. The molecule has 0 aliphatic heterocycles. The van der Waals surface area contributed by atoms with Gasteiger partial charge in [0.1, 0.15) is 0 Å². The van der Waals surface area contributed by atoms with E-state index in [1.54, 1.807) is 0 Å². The van der Waals surface area contributed by atoms with E-state index in [-0.39, 0.29) is 17.3 Å². The second kappa shape index (κ2) is 4.85. The molecule has 1 amide bonds. The fourth-order valence-electron chi connectivity index (χ4n) is 1.75. The molecular weight excluding hydrogens is 298 g/mol. The summed E-state index contributed by atoms with van der Waals surface area (Å²) in [5.41, 5.74) is 0. The van der Waals surface area contributed by atoms with E-state index in [0.717, 1.165) is 27.9 Å². The number of alkyl halides is 1. The predicted octanol–water partition coefficient (Wildman–Crippen LogP) is 3.40. The molecule has 2 nitrogen and oxygen atoms in total. The second-order valence-electron chi connectivity index (χ2n) is 3.63. The van der Waals surface area contributed by atoms with Crippen LogP contribution in [0.25, 0.3) is 0 Å². The zero-order valence-electron chi connectivity index (χ0n) is 8.00. The number of rotatable bonds is 2. The molecule has 1 saturated carbocycles. The SMILES string of the molecule is O=C(NC1CCCC1Cl)c1ccc(Br)s1. The number of carbonyl (C=O) groups excluding carboxylic acids is 1. The number of halogens is 2. The average molecular weight is 309 g/mol. The van der Waals surface area contributed by atoms with E-state index in [2.05, 4.69) is 21.2 Å². The molecule has 1 aliphatic carbocycles. The van der Waals surface area contributed by atoms with E-state index in [1.165, 1.54) is 11.3 Å². The second-order valence-corrected chi connectivity index (χ2v) is 6.65. The molecule has 0 saturated heterocycles. The first-order valence-electron chi connectivity index (χ1n) is 4.87. The molecule has 2 rings (SSSR count). The minimum absolute atomic E-state index is 0.0109. The van der Waals surface area contributed by atoms with Crippen molar-refractivity contribution >= 4 is 44.8 Å². The fourth-order valence-corrected chi connectivity index (χ4v) is 3.39. The molecule has 0 spiro atoms. The number of thiophene rings is 1. The van der Waals surface area contributed by atoms with Gasteiger partial charge in [-0.2, -0.15) is 0 Å². The molecule has 82 valence electrons. The summed E-state index contributed by atoms with van der Waals surface area (Å²) in [5.74, 6) is -0.0109. The highest BCUT2D eigenvalue weighted by Gasteiger charge is 2.27. The maximum Gasteiger partial charge on any atom is 0.261 e. The van der Waals surface area contributed by atoms with Crippen molar-refractivity contribution < 1.29 is 4.79 Å². The molecule has 5 heteroatoms. The standard InChI is InChI=1S/C10H11BrClNOS/c11-9-5-4-8(15-9)10(14)13-7-3-1-2-6(7)12/h4-7H,1-3H2,(H,13,14). The van der Waals surface area contributed by atoms with Crippen LogP contribution < -0.4 is 5.32 Å². The molecule has 2 unspecified atom stereocenters. The largest absolute Gasteiger partial charge is 0.347 e. The topological polar surface area (TPSA) is 29.1 Å². The summed E-state index contributed by atoms with van der Waals surface area (Å²) < 4.78 is 0.974. The molecule has 1 aliphatic rings. The third kappa shape index (κ3) is 2.74. The molecule has 1 aromatic heterocycles. The third-order valence-corrected chi connectivity index (χ3v) is 4.69. The van der Waals surface area contributed by atoms with E-state index in [1.807, 2.05) is 12.1 Å². The van der Waals surface area contributed by atoms with E-state index < -0.39 is 0 Å². The van der Waals surface area contributed by atoms with E-state index in [9.17, 15) is 4.79 Å². The molecule has 15 heavy (non-hydrogen) atoms. The number of hydrogen-bond acceptors (Lipinski definition) is 2. The lowest BCUT2D eigenvalue weighted by Gasteiger charge is -2.14. The summed E-state index contributed by atoms with van der Waals surface area (Å²) >= 11 is 10.9. The fraction of sp³-hybridized carbons (Fsp3) is 0.500. The van der Waals surface area contributed by atoms with Crippen molar-refractivity contribution in [2.75, 3.05) is 0 Å². The van der Waals surface area contributed by atoms with Gasteiger partial charge in [-0.1, -0.05) is 0 Å². The van der Waals surface area contributed by atoms with E-state index in [0.29, 0.717) is 0 Å². The number of carbonyl (C=O) groups is 1. The van der Waals surface area contributed by atoms with Crippen LogP contribution in [0.15, 0.2) is 15.9 Å². The first-order valence-corrected chi connectivity index (χ1v) is 6.91. The van der Waals surface area contributed by atoms with Crippen LogP contribution in [0.3, 0.4) is 0 Å². The molecule has 1 aromatic rings. The summed E-state index contributed by atoms with van der Waals surface area (Å²) in [5, 5.41) is 3.07. The Balaban J connectivity index is 1.97. The number of amides is 1. The minimum Gasteiger partial charge on any atom is -0.347 e. The van der Waals surface area contributed by atoms with Crippen molar-refractivity contribution in [1.29, 1.82) is 0 Å². The number of hydrogen-bond donors (Lipinski definition) is 1. The van der Waals surface area contributed by atoms with Gasteiger partial charge in [0, 0.05) is 6.04 Å². The van der Waals surface area contributed by atoms with Gasteiger partial charge in [0.2, 0.25) is 0 Å². The van der Waals surface area contributed by atoms with Crippen molar-refractivity contribution in [1.82, 2.24) is 5.32 Å². The Bertz CT molecular complexity index is 368. The lowest BCUT2D eigenvalue weighted by Crippen LogP contribution is -2.37. The van der Waals surface area contributed by atoms with Crippen LogP contribution in [0.5, 0.6) is 0 Å². The normalized spacial score (nSPS) is 25.5. The van der Waals surface area contributed by atoms with E-state index >= 15 is 0 Å². The Kier molecular flexibility index (Phi) is 3.69. The molecule has 0 radical (unpaired) electrons. The minimum atomic E-state index is -0.0109. The van der Waals surface area contributed by atoms with Gasteiger partial charge in [0.15, 0.2) is 0 Å². The maximum atomic E-state index is 11.8. The summed E-state index contributed by atoms with van der Waals surface area (Å²) in [6.07, 6.45) is 3.10. The Hall–Kier alpha value is -0.0600. The molecule has 2 atom stereocenters. The van der Waals surface area contributed by atoms with Gasteiger partial charge in [-0.15, -0.1) is 22.9 Å². The van der Waals surface area contributed by atoms with Crippen LogP contribution >= 0.6 is 38.9 Å². The van der Waals surface area contributed by atoms with Crippen molar-refractivity contribution in [2.45, 2.75) is 30.7 Å².